The first-order valence-electron chi connectivity index (χ1n) is 5.46. The standard InChI is InChI=1S/C12H19NO3/c1-5-9-8-13(7-6-10(9)14)11(15)16-12(2,3)4/h5,9H,1,6-8H2,2-4H3. The van der Waals surface area contributed by atoms with Gasteiger partial charge in [0.2, 0.25) is 0 Å². The highest BCUT2D eigenvalue weighted by atomic mass is 16.6. The van der Waals surface area contributed by atoms with E-state index in [0.717, 1.165) is 0 Å². The summed E-state index contributed by atoms with van der Waals surface area (Å²) in [5.41, 5.74) is -0.498. The van der Waals surface area contributed by atoms with E-state index in [1.807, 2.05) is 20.8 Å². The highest BCUT2D eigenvalue weighted by Gasteiger charge is 2.30. The van der Waals surface area contributed by atoms with E-state index < -0.39 is 5.60 Å². The van der Waals surface area contributed by atoms with Gasteiger partial charge in [0, 0.05) is 19.5 Å². The Bertz CT molecular complexity index is 304. The number of carbonyl (C=O) groups is 2. The zero-order valence-corrected chi connectivity index (χ0v) is 10.2. The largest absolute Gasteiger partial charge is 0.444 e. The van der Waals surface area contributed by atoms with Crippen LogP contribution in [0.5, 0.6) is 0 Å². The predicted octanol–water partition coefficient (Wildman–Crippen LogP) is 2.00. The summed E-state index contributed by atoms with van der Waals surface area (Å²) in [5, 5.41) is 0. The summed E-state index contributed by atoms with van der Waals surface area (Å²) in [6, 6.07) is 0. The van der Waals surface area contributed by atoms with Crippen LogP contribution in [0.25, 0.3) is 0 Å². The molecule has 90 valence electrons. The lowest BCUT2D eigenvalue weighted by atomic mass is 9.97. The maximum atomic E-state index is 11.7. The Kier molecular flexibility index (Phi) is 3.73. The molecule has 0 spiro atoms. The lowest BCUT2D eigenvalue weighted by Gasteiger charge is -2.32. The number of hydrogen-bond acceptors (Lipinski definition) is 3. The fourth-order valence-corrected chi connectivity index (χ4v) is 1.56. The highest BCUT2D eigenvalue weighted by Crippen LogP contribution is 2.17. The molecule has 0 aromatic heterocycles. The van der Waals surface area contributed by atoms with Gasteiger partial charge in [-0.3, -0.25) is 4.79 Å². The maximum absolute atomic E-state index is 11.7. The Hall–Kier alpha value is -1.32. The van der Waals surface area contributed by atoms with E-state index in [2.05, 4.69) is 6.58 Å². The predicted molar refractivity (Wildman–Crippen MR) is 61.1 cm³/mol. The molecular formula is C12H19NO3. The molecule has 1 rings (SSSR count). The van der Waals surface area contributed by atoms with Crippen molar-refractivity contribution in [2.24, 2.45) is 5.92 Å². The minimum absolute atomic E-state index is 0.148. The number of nitrogens with zero attached hydrogens (tertiary/aromatic N) is 1. The molecule has 1 atom stereocenters. The van der Waals surface area contributed by atoms with E-state index in [0.29, 0.717) is 19.5 Å². The van der Waals surface area contributed by atoms with Gasteiger partial charge < -0.3 is 9.64 Å². The number of ketones is 1. The molecule has 1 unspecified atom stereocenters. The van der Waals surface area contributed by atoms with Crippen LogP contribution >= 0.6 is 0 Å². The number of hydrogen-bond donors (Lipinski definition) is 0. The van der Waals surface area contributed by atoms with Crippen LogP contribution in [0.4, 0.5) is 4.79 Å². The van der Waals surface area contributed by atoms with Crippen molar-refractivity contribution in [3.63, 3.8) is 0 Å². The van der Waals surface area contributed by atoms with E-state index in [4.69, 9.17) is 4.74 Å². The van der Waals surface area contributed by atoms with E-state index in [1.165, 1.54) is 0 Å². The molecule has 4 heteroatoms. The minimum Gasteiger partial charge on any atom is -0.444 e. The molecule has 1 fully saturated rings. The second-order valence-corrected chi connectivity index (χ2v) is 4.98. The molecule has 1 heterocycles. The summed E-state index contributed by atoms with van der Waals surface area (Å²) < 4.78 is 5.25. The number of carbonyl (C=O) groups excluding carboxylic acids is 2. The molecular weight excluding hydrogens is 206 g/mol. The minimum atomic E-state index is -0.498. The molecule has 0 bridgehead atoms. The van der Waals surface area contributed by atoms with E-state index in [1.54, 1.807) is 11.0 Å². The molecule has 1 aliphatic rings. The molecule has 1 amide bonds. The smallest absolute Gasteiger partial charge is 0.410 e. The molecule has 0 radical (unpaired) electrons. The Morgan fingerprint density at radius 1 is 1.56 bits per heavy atom. The second kappa shape index (κ2) is 4.68. The van der Waals surface area contributed by atoms with Crippen LogP contribution in [-0.4, -0.2) is 35.5 Å². The molecule has 0 saturated carbocycles. The first-order chi connectivity index (χ1) is 7.33. The van der Waals surface area contributed by atoms with E-state index in [9.17, 15) is 9.59 Å². The van der Waals surface area contributed by atoms with Crippen LogP contribution in [0.15, 0.2) is 12.7 Å². The fraction of sp³-hybridized carbons (Fsp3) is 0.667. The normalized spacial score (nSPS) is 21.8. The van der Waals surface area contributed by atoms with Gasteiger partial charge >= 0.3 is 6.09 Å². The Labute approximate surface area is 96.3 Å². The SMILES string of the molecule is C=CC1CN(C(=O)OC(C)(C)C)CCC1=O. The topological polar surface area (TPSA) is 46.6 Å². The molecule has 1 saturated heterocycles. The van der Waals surface area contributed by atoms with Crippen molar-refractivity contribution in [3.05, 3.63) is 12.7 Å². The number of Topliss-reactive ketones (excluding diaryl/α,β-unsaturated/α-hetero) is 1. The third-order valence-electron chi connectivity index (χ3n) is 2.39. The van der Waals surface area contributed by atoms with Crippen molar-refractivity contribution in [3.8, 4) is 0 Å². The van der Waals surface area contributed by atoms with Crippen LogP contribution in [0.2, 0.25) is 0 Å². The van der Waals surface area contributed by atoms with Gasteiger partial charge in [-0.15, -0.1) is 6.58 Å². The van der Waals surface area contributed by atoms with E-state index >= 15 is 0 Å². The quantitative estimate of drug-likeness (QED) is 0.641. The monoisotopic (exact) mass is 225 g/mol. The molecule has 0 aromatic carbocycles. The lowest BCUT2D eigenvalue weighted by molar-refractivity contribution is -0.124. The summed E-state index contributed by atoms with van der Waals surface area (Å²) in [6.07, 6.45) is 1.63. The van der Waals surface area contributed by atoms with Gasteiger partial charge in [-0.1, -0.05) is 6.08 Å². The number of piperidine rings is 1. The Morgan fingerprint density at radius 3 is 2.69 bits per heavy atom. The van der Waals surface area contributed by atoms with Crippen LogP contribution in [0, 0.1) is 5.92 Å². The van der Waals surface area contributed by atoms with Crippen LogP contribution in [0.3, 0.4) is 0 Å². The lowest BCUT2D eigenvalue weighted by Crippen LogP contribution is -2.45. The summed E-state index contributed by atoms with van der Waals surface area (Å²) in [4.78, 5) is 24.7. The van der Waals surface area contributed by atoms with Crippen molar-refractivity contribution in [1.29, 1.82) is 0 Å². The number of rotatable bonds is 1. The van der Waals surface area contributed by atoms with Crippen LogP contribution < -0.4 is 0 Å². The summed E-state index contributed by atoms with van der Waals surface area (Å²) in [5.74, 6) is -0.101. The molecule has 1 aliphatic heterocycles. The number of amides is 1. The summed E-state index contributed by atoms with van der Waals surface area (Å²) in [6.45, 7) is 9.91. The number of ether oxygens (including phenoxy) is 1. The van der Waals surface area contributed by atoms with Gasteiger partial charge in [0.15, 0.2) is 0 Å². The second-order valence-electron chi connectivity index (χ2n) is 4.98. The maximum Gasteiger partial charge on any atom is 0.410 e. The molecule has 0 aliphatic carbocycles. The molecule has 0 N–H and O–H groups in total. The Balaban J connectivity index is 2.59. The first-order valence-corrected chi connectivity index (χ1v) is 5.46. The van der Waals surface area contributed by atoms with Gasteiger partial charge in [0.05, 0.1) is 5.92 Å². The van der Waals surface area contributed by atoms with Crippen LogP contribution in [-0.2, 0) is 9.53 Å². The van der Waals surface area contributed by atoms with Gasteiger partial charge in [0.1, 0.15) is 11.4 Å². The van der Waals surface area contributed by atoms with Crippen molar-refractivity contribution in [1.82, 2.24) is 4.90 Å². The third kappa shape index (κ3) is 3.36. The fourth-order valence-electron chi connectivity index (χ4n) is 1.56. The van der Waals surface area contributed by atoms with Crippen molar-refractivity contribution in [2.45, 2.75) is 32.8 Å². The zero-order valence-electron chi connectivity index (χ0n) is 10.2. The number of likely N-dealkylation sites (tertiary alicyclic amines) is 1. The van der Waals surface area contributed by atoms with Gasteiger partial charge in [-0.05, 0) is 20.8 Å². The van der Waals surface area contributed by atoms with Crippen molar-refractivity contribution >= 4 is 11.9 Å². The van der Waals surface area contributed by atoms with Gasteiger partial charge in [-0.25, -0.2) is 4.79 Å². The average molecular weight is 225 g/mol. The molecule has 0 aromatic rings. The molecule has 16 heavy (non-hydrogen) atoms. The highest BCUT2D eigenvalue weighted by molar-refractivity contribution is 5.85. The van der Waals surface area contributed by atoms with Gasteiger partial charge in [0.25, 0.3) is 0 Å². The van der Waals surface area contributed by atoms with Crippen LogP contribution in [0.1, 0.15) is 27.2 Å². The third-order valence-corrected chi connectivity index (χ3v) is 2.39. The first kappa shape index (κ1) is 12.7. The van der Waals surface area contributed by atoms with E-state index in [-0.39, 0.29) is 17.8 Å². The summed E-state index contributed by atoms with van der Waals surface area (Å²) >= 11 is 0. The average Bonchev–Trinajstić information content (AvgIpc) is 2.15. The summed E-state index contributed by atoms with van der Waals surface area (Å²) in [7, 11) is 0. The van der Waals surface area contributed by atoms with Gasteiger partial charge in [-0.2, -0.15) is 0 Å². The van der Waals surface area contributed by atoms with Crippen molar-refractivity contribution in [2.75, 3.05) is 13.1 Å². The molecule has 4 nitrogen and oxygen atoms in total. The van der Waals surface area contributed by atoms with Crippen molar-refractivity contribution < 1.29 is 14.3 Å². The zero-order chi connectivity index (χ0) is 12.3. The Morgan fingerprint density at radius 2 is 2.19 bits per heavy atom.